The van der Waals surface area contributed by atoms with E-state index in [0.717, 1.165) is 28.4 Å². The van der Waals surface area contributed by atoms with Crippen LogP contribution >= 0.6 is 0 Å². The molecule has 2 N–H and O–H groups in total. The van der Waals surface area contributed by atoms with Crippen molar-refractivity contribution in [2.75, 3.05) is 12.8 Å². The highest BCUT2D eigenvalue weighted by molar-refractivity contribution is 5.59. The van der Waals surface area contributed by atoms with Crippen LogP contribution in [0.1, 0.15) is 5.56 Å². The van der Waals surface area contributed by atoms with Gasteiger partial charge in [-0.25, -0.2) is 4.98 Å². The molecule has 4 heteroatoms. The number of nitrogens with zero attached hydrogens (tertiary/aromatic N) is 2. The quantitative estimate of drug-likeness (QED) is 0.746. The number of para-hydroxylation sites is 1. The lowest BCUT2D eigenvalue weighted by Crippen LogP contribution is -2.03. The first-order chi connectivity index (χ1) is 10.3. The molecule has 0 amide bonds. The van der Waals surface area contributed by atoms with E-state index in [1.54, 1.807) is 13.3 Å². The summed E-state index contributed by atoms with van der Waals surface area (Å²) in [6.45, 7) is 0.712. The minimum atomic E-state index is 0.712. The highest BCUT2D eigenvalue weighted by Crippen LogP contribution is 2.23. The van der Waals surface area contributed by atoms with Gasteiger partial charge in [-0.1, -0.05) is 18.2 Å². The van der Waals surface area contributed by atoms with Crippen molar-refractivity contribution in [1.82, 2.24) is 9.55 Å². The van der Waals surface area contributed by atoms with Crippen LogP contribution in [-0.2, 0) is 6.54 Å². The molecule has 0 radical (unpaired) electrons. The average Bonchev–Trinajstić information content (AvgIpc) is 2.97. The van der Waals surface area contributed by atoms with Crippen molar-refractivity contribution >= 4 is 5.69 Å². The third kappa shape index (κ3) is 2.74. The molecule has 0 aliphatic rings. The van der Waals surface area contributed by atoms with Crippen molar-refractivity contribution in [3.8, 4) is 17.1 Å². The number of hydrogen-bond acceptors (Lipinski definition) is 3. The molecular formula is C17H17N3O. The van der Waals surface area contributed by atoms with E-state index in [2.05, 4.69) is 15.6 Å². The molecule has 2 aromatic carbocycles. The zero-order valence-corrected chi connectivity index (χ0v) is 11.9. The lowest BCUT2D eigenvalue weighted by atomic mass is 10.1. The summed E-state index contributed by atoms with van der Waals surface area (Å²) in [5.74, 6) is 1.80. The van der Waals surface area contributed by atoms with Crippen molar-refractivity contribution in [2.24, 2.45) is 0 Å². The molecule has 21 heavy (non-hydrogen) atoms. The molecule has 0 saturated carbocycles. The van der Waals surface area contributed by atoms with Gasteiger partial charge in [0.25, 0.3) is 0 Å². The van der Waals surface area contributed by atoms with Crippen LogP contribution in [0.25, 0.3) is 11.4 Å². The summed E-state index contributed by atoms with van der Waals surface area (Å²) < 4.78 is 7.51. The second kappa shape index (κ2) is 5.71. The van der Waals surface area contributed by atoms with E-state index in [-0.39, 0.29) is 0 Å². The topological polar surface area (TPSA) is 53.1 Å². The lowest BCUT2D eigenvalue weighted by molar-refractivity contribution is 0.408. The zero-order chi connectivity index (χ0) is 14.7. The van der Waals surface area contributed by atoms with Crippen LogP contribution in [0.15, 0.2) is 60.9 Å². The highest BCUT2D eigenvalue weighted by Gasteiger charge is 2.08. The second-order valence-electron chi connectivity index (χ2n) is 4.81. The smallest absolute Gasteiger partial charge is 0.140 e. The Morgan fingerprint density at radius 1 is 1.10 bits per heavy atom. The predicted molar refractivity (Wildman–Crippen MR) is 84.2 cm³/mol. The van der Waals surface area contributed by atoms with E-state index in [0.29, 0.717) is 6.54 Å². The van der Waals surface area contributed by atoms with Crippen molar-refractivity contribution in [3.05, 3.63) is 66.5 Å². The molecule has 1 heterocycles. The molecule has 0 saturated heterocycles. The third-order valence-electron chi connectivity index (χ3n) is 3.42. The Bertz CT molecular complexity index is 732. The SMILES string of the molecule is COc1ccccc1Cn1ccnc1-c1ccc(N)cc1. The Balaban J connectivity index is 1.94. The maximum Gasteiger partial charge on any atom is 0.140 e. The fourth-order valence-corrected chi connectivity index (χ4v) is 2.35. The Kier molecular flexibility index (Phi) is 3.60. The van der Waals surface area contributed by atoms with Crippen LogP contribution < -0.4 is 10.5 Å². The summed E-state index contributed by atoms with van der Waals surface area (Å²) >= 11 is 0. The van der Waals surface area contributed by atoms with Gasteiger partial charge >= 0.3 is 0 Å². The van der Waals surface area contributed by atoms with Gasteiger partial charge in [0.1, 0.15) is 11.6 Å². The Labute approximate surface area is 123 Å². The highest BCUT2D eigenvalue weighted by atomic mass is 16.5. The van der Waals surface area contributed by atoms with E-state index in [1.807, 2.05) is 48.7 Å². The minimum Gasteiger partial charge on any atom is -0.496 e. The van der Waals surface area contributed by atoms with E-state index in [4.69, 9.17) is 10.5 Å². The second-order valence-corrected chi connectivity index (χ2v) is 4.81. The minimum absolute atomic E-state index is 0.712. The first-order valence-electron chi connectivity index (χ1n) is 6.77. The number of imidazole rings is 1. The molecule has 0 aliphatic carbocycles. The van der Waals surface area contributed by atoms with Gasteiger partial charge in [-0.3, -0.25) is 0 Å². The molecule has 0 unspecified atom stereocenters. The summed E-state index contributed by atoms with van der Waals surface area (Å²) in [4.78, 5) is 4.45. The van der Waals surface area contributed by atoms with E-state index >= 15 is 0 Å². The molecule has 0 bridgehead atoms. The molecule has 4 nitrogen and oxygen atoms in total. The van der Waals surface area contributed by atoms with E-state index in [9.17, 15) is 0 Å². The summed E-state index contributed by atoms with van der Waals surface area (Å²) in [6, 6.07) is 15.7. The molecule has 3 aromatic rings. The van der Waals surface area contributed by atoms with Crippen LogP contribution in [0.4, 0.5) is 5.69 Å². The van der Waals surface area contributed by atoms with Gasteiger partial charge in [-0.2, -0.15) is 0 Å². The number of methoxy groups -OCH3 is 1. The Hall–Kier alpha value is -2.75. The van der Waals surface area contributed by atoms with Gasteiger partial charge in [0.15, 0.2) is 0 Å². The van der Waals surface area contributed by atoms with Crippen LogP contribution in [0.2, 0.25) is 0 Å². The summed E-state index contributed by atoms with van der Waals surface area (Å²) in [5, 5.41) is 0. The maximum atomic E-state index is 5.74. The summed E-state index contributed by atoms with van der Waals surface area (Å²) in [6.07, 6.45) is 3.78. The summed E-state index contributed by atoms with van der Waals surface area (Å²) in [7, 11) is 1.69. The van der Waals surface area contributed by atoms with Gasteiger partial charge in [-0.05, 0) is 30.3 Å². The number of nitrogen functional groups attached to an aromatic ring is 1. The third-order valence-corrected chi connectivity index (χ3v) is 3.42. The van der Waals surface area contributed by atoms with Crippen molar-refractivity contribution in [2.45, 2.75) is 6.54 Å². The zero-order valence-electron chi connectivity index (χ0n) is 11.9. The van der Waals surface area contributed by atoms with Crippen molar-refractivity contribution in [3.63, 3.8) is 0 Å². The number of nitrogens with two attached hydrogens (primary N) is 1. The standard InChI is InChI=1S/C17H17N3O/c1-21-16-5-3-2-4-14(16)12-20-11-10-19-17(20)13-6-8-15(18)9-7-13/h2-11H,12,18H2,1H3. The number of benzene rings is 2. The molecule has 106 valence electrons. The molecule has 1 aromatic heterocycles. The van der Waals surface area contributed by atoms with Crippen molar-refractivity contribution in [1.29, 1.82) is 0 Å². The molecule has 0 spiro atoms. The number of aromatic nitrogens is 2. The van der Waals surface area contributed by atoms with Gasteiger partial charge in [0, 0.05) is 29.2 Å². The monoisotopic (exact) mass is 279 g/mol. The van der Waals surface area contributed by atoms with Gasteiger partial charge < -0.3 is 15.0 Å². The van der Waals surface area contributed by atoms with Gasteiger partial charge in [0.05, 0.1) is 13.7 Å². The molecule has 0 atom stereocenters. The maximum absolute atomic E-state index is 5.74. The number of ether oxygens (including phenoxy) is 1. The van der Waals surface area contributed by atoms with Crippen LogP contribution in [-0.4, -0.2) is 16.7 Å². The van der Waals surface area contributed by atoms with Crippen molar-refractivity contribution < 1.29 is 4.74 Å². The van der Waals surface area contributed by atoms with Crippen LogP contribution in [0, 0.1) is 0 Å². The largest absolute Gasteiger partial charge is 0.496 e. The van der Waals surface area contributed by atoms with Gasteiger partial charge in [-0.15, -0.1) is 0 Å². The number of rotatable bonds is 4. The average molecular weight is 279 g/mol. The first kappa shape index (κ1) is 13.2. The summed E-state index contributed by atoms with van der Waals surface area (Å²) in [5.41, 5.74) is 8.65. The number of anilines is 1. The van der Waals surface area contributed by atoms with E-state index < -0.39 is 0 Å². The Morgan fingerprint density at radius 3 is 2.62 bits per heavy atom. The molecule has 3 rings (SSSR count). The first-order valence-corrected chi connectivity index (χ1v) is 6.77. The van der Waals surface area contributed by atoms with E-state index in [1.165, 1.54) is 0 Å². The molecular weight excluding hydrogens is 262 g/mol. The van der Waals surface area contributed by atoms with Gasteiger partial charge in [0.2, 0.25) is 0 Å². The normalized spacial score (nSPS) is 10.5. The lowest BCUT2D eigenvalue weighted by Gasteiger charge is -2.11. The molecule has 0 aliphatic heterocycles. The Morgan fingerprint density at radius 2 is 1.86 bits per heavy atom. The van der Waals surface area contributed by atoms with Crippen LogP contribution in [0.5, 0.6) is 5.75 Å². The van der Waals surface area contributed by atoms with Crippen LogP contribution in [0.3, 0.4) is 0 Å². The molecule has 0 fully saturated rings. The fraction of sp³-hybridized carbons (Fsp3) is 0.118. The predicted octanol–water partition coefficient (Wildman–Crippen LogP) is 3.19. The number of hydrogen-bond donors (Lipinski definition) is 1. The fourth-order valence-electron chi connectivity index (χ4n) is 2.35.